The second-order valence-corrected chi connectivity index (χ2v) is 7.60. The lowest BCUT2D eigenvalue weighted by Crippen LogP contribution is -2.11. The molecule has 0 aromatic rings. The summed E-state index contributed by atoms with van der Waals surface area (Å²) in [5, 5.41) is 0. The highest BCUT2D eigenvalue weighted by molar-refractivity contribution is 5.29. The van der Waals surface area contributed by atoms with Crippen LogP contribution in [0.4, 0.5) is 0 Å². The molecule has 0 saturated carbocycles. The van der Waals surface area contributed by atoms with E-state index in [2.05, 4.69) is 39.8 Å². The Morgan fingerprint density at radius 2 is 1.91 bits per heavy atom. The van der Waals surface area contributed by atoms with E-state index in [9.17, 15) is 0 Å². The largest absolute Gasteiger partial charge is 0.366 e. The van der Waals surface area contributed by atoms with Gasteiger partial charge in [0.15, 0.2) is 0 Å². The number of ether oxygens (including phenoxy) is 2. The zero-order valence-electron chi connectivity index (χ0n) is 14.6. The molecule has 0 radical (unpaired) electrons. The number of rotatable bonds is 0. The third kappa shape index (κ3) is 3.55. The highest BCUT2D eigenvalue weighted by Crippen LogP contribution is 2.43. The molecule has 22 heavy (non-hydrogen) atoms. The topological polar surface area (TPSA) is 21.8 Å². The van der Waals surface area contributed by atoms with Gasteiger partial charge in [0.05, 0.1) is 24.4 Å². The van der Waals surface area contributed by atoms with Gasteiger partial charge in [-0.3, -0.25) is 0 Å². The van der Waals surface area contributed by atoms with Crippen molar-refractivity contribution in [1.82, 2.24) is 0 Å². The van der Waals surface area contributed by atoms with E-state index in [1.54, 1.807) is 0 Å². The van der Waals surface area contributed by atoms with Crippen LogP contribution in [0.3, 0.4) is 0 Å². The SMILES string of the molecule is CC1=C2CC/C(C)=C/CC[C@]3(C)O[C@@H]3CC/C(C)=C/[C@@H]2OC1. The minimum absolute atomic E-state index is 0.132. The minimum atomic E-state index is 0.132. The fraction of sp³-hybridized carbons (Fsp3) is 0.700. The molecule has 3 aliphatic rings. The van der Waals surface area contributed by atoms with Crippen LogP contribution in [0.2, 0.25) is 0 Å². The van der Waals surface area contributed by atoms with Crippen LogP contribution in [0, 0.1) is 0 Å². The summed E-state index contributed by atoms with van der Waals surface area (Å²) >= 11 is 0. The van der Waals surface area contributed by atoms with E-state index in [1.807, 2.05) is 0 Å². The molecule has 0 amide bonds. The van der Waals surface area contributed by atoms with Crippen molar-refractivity contribution in [3.8, 4) is 0 Å². The van der Waals surface area contributed by atoms with Crippen LogP contribution in [-0.4, -0.2) is 24.4 Å². The Kier molecular flexibility index (Phi) is 4.61. The lowest BCUT2D eigenvalue weighted by atomic mass is 9.93. The Morgan fingerprint density at radius 3 is 2.73 bits per heavy atom. The summed E-state index contributed by atoms with van der Waals surface area (Å²) < 4.78 is 12.0. The van der Waals surface area contributed by atoms with Crippen LogP contribution in [0.25, 0.3) is 0 Å². The van der Waals surface area contributed by atoms with E-state index in [1.165, 1.54) is 22.3 Å². The van der Waals surface area contributed by atoms with Crippen LogP contribution < -0.4 is 0 Å². The number of allylic oxidation sites excluding steroid dienone is 3. The van der Waals surface area contributed by atoms with E-state index in [4.69, 9.17) is 9.47 Å². The molecule has 2 heteroatoms. The molecule has 3 rings (SSSR count). The predicted octanol–water partition coefficient (Wildman–Crippen LogP) is 5.11. The third-order valence-corrected chi connectivity index (χ3v) is 5.57. The van der Waals surface area contributed by atoms with Gasteiger partial charge in [-0.25, -0.2) is 0 Å². The van der Waals surface area contributed by atoms with Gasteiger partial charge < -0.3 is 9.47 Å². The first-order valence-corrected chi connectivity index (χ1v) is 8.79. The molecule has 0 aromatic carbocycles. The molecule has 1 fully saturated rings. The van der Waals surface area contributed by atoms with Crippen molar-refractivity contribution in [3.05, 3.63) is 34.4 Å². The molecule has 2 nitrogen and oxygen atoms in total. The van der Waals surface area contributed by atoms with Crippen molar-refractivity contribution in [2.24, 2.45) is 0 Å². The summed E-state index contributed by atoms with van der Waals surface area (Å²) in [6.45, 7) is 9.81. The summed E-state index contributed by atoms with van der Waals surface area (Å²) in [5.41, 5.74) is 6.03. The summed E-state index contributed by atoms with van der Waals surface area (Å²) in [6, 6.07) is 0. The van der Waals surface area contributed by atoms with Gasteiger partial charge in [-0.15, -0.1) is 0 Å². The van der Waals surface area contributed by atoms with E-state index in [0.29, 0.717) is 6.10 Å². The minimum Gasteiger partial charge on any atom is -0.366 e. The first-order valence-electron chi connectivity index (χ1n) is 8.79. The average molecular weight is 302 g/mol. The molecule has 0 N–H and O–H groups in total. The van der Waals surface area contributed by atoms with Gasteiger partial charge in [-0.05, 0) is 77.4 Å². The zero-order chi connectivity index (χ0) is 15.7. The molecule has 2 heterocycles. The predicted molar refractivity (Wildman–Crippen MR) is 90.9 cm³/mol. The second kappa shape index (κ2) is 6.33. The van der Waals surface area contributed by atoms with Gasteiger partial charge in [0, 0.05) is 0 Å². The lowest BCUT2D eigenvalue weighted by molar-refractivity contribution is 0.150. The zero-order valence-corrected chi connectivity index (χ0v) is 14.6. The van der Waals surface area contributed by atoms with E-state index in [0.717, 1.165) is 45.1 Å². The quantitative estimate of drug-likeness (QED) is 0.458. The molecule has 2 aliphatic heterocycles. The average Bonchev–Trinajstić information content (AvgIpc) is 2.98. The van der Waals surface area contributed by atoms with Gasteiger partial charge in [0.1, 0.15) is 0 Å². The first-order chi connectivity index (χ1) is 10.5. The Labute approximate surface area is 135 Å². The van der Waals surface area contributed by atoms with Gasteiger partial charge in [0.2, 0.25) is 0 Å². The molecular weight excluding hydrogens is 272 g/mol. The van der Waals surface area contributed by atoms with Crippen LogP contribution in [-0.2, 0) is 9.47 Å². The Morgan fingerprint density at radius 1 is 1.09 bits per heavy atom. The Bertz CT molecular complexity index is 526. The maximum Gasteiger partial charge on any atom is 0.0977 e. The molecule has 122 valence electrons. The van der Waals surface area contributed by atoms with Crippen molar-refractivity contribution in [3.63, 3.8) is 0 Å². The van der Waals surface area contributed by atoms with Gasteiger partial charge in [-0.1, -0.05) is 23.3 Å². The van der Waals surface area contributed by atoms with Crippen molar-refractivity contribution < 1.29 is 9.47 Å². The van der Waals surface area contributed by atoms with Crippen LogP contribution >= 0.6 is 0 Å². The number of epoxide rings is 1. The Hall–Kier alpha value is -0.860. The van der Waals surface area contributed by atoms with E-state index >= 15 is 0 Å². The fourth-order valence-electron chi connectivity index (χ4n) is 3.77. The van der Waals surface area contributed by atoms with Gasteiger partial charge in [0.25, 0.3) is 0 Å². The lowest BCUT2D eigenvalue weighted by Gasteiger charge is -2.14. The standard InChI is InChI=1S/C20H30O2/c1-14-6-5-11-20(4)19(22-20)10-8-15(2)12-18-17(9-7-14)16(3)13-21-18/h6,12,18-19H,5,7-11,13H2,1-4H3/b14-6+,15-12+/t18-,19+,20-/m0/s1. The summed E-state index contributed by atoms with van der Waals surface area (Å²) in [7, 11) is 0. The number of hydrogen-bond acceptors (Lipinski definition) is 2. The molecular formula is C20H30O2. The van der Waals surface area contributed by atoms with Gasteiger partial charge >= 0.3 is 0 Å². The van der Waals surface area contributed by atoms with Crippen molar-refractivity contribution >= 4 is 0 Å². The van der Waals surface area contributed by atoms with Crippen molar-refractivity contribution in [2.45, 2.75) is 84.0 Å². The van der Waals surface area contributed by atoms with Crippen molar-refractivity contribution in [1.29, 1.82) is 0 Å². The number of hydrogen-bond donors (Lipinski definition) is 0. The summed E-state index contributed by atoms with van der Waals surface area (Å²) in [5.74, 6) is 0. The normalized spacial score (nSPS) is 41.6. The maximum atomic E-state index is 5.99. The van der Waals surface area contributed by atoms with E-state index in [-0.39, 0.29) is 11.7 Å². The molecule has 1 saturated heterocycles. The molecule has 3 atom stereocenters. The van der Waals surface area contributed by atoms with Crippen molar-refractivity contribution in [2.75, 3.05) is 6.61 Å². The van der Waals surface area contributed by atoms with Crippen LogP contribution in [0.15, 0.2) is 34.4 Å². The maximum absolute atomic E-state index is 5.99. The van der Waals surface area contributed by atoms with E-state index < -0.39 is 0 Å². The van der Waals surface area contributed by atoms with Gasteiger partial charge in [-0.2, -0.15) is 0 Å². The van der Waals surface area contributed by atoms with Crippen LogP contribution in [0.1, 0.15) is 66.2 Å². The molecule has 0 spiro atoms. The second-order valence-electron chi connectivity index (χ2n) is 7.60. The van der Waals surface area contributed by atoms with Crippen LogP contribution in [0.5, 0.6) is 0 Å². The number of fused-ring (bicyclic) bond motifs is 2. The highest BCUT2D eigenvalue weighted by atomic mass is 16.6. The molecule has 1 aliphatic carbocycles. The smallest absolute Gasteiger partial charge is 0.0977 e. The fourth-order valence-corrected chi connectivity index (χ4v) is 3.77. The Balaban J connectivity index is 1.76. The first kappa shape index (κ1) is 16.0. The monoisotopic (exact) mass is 302 g/mol. The third-order valence-electron chi connectivity index (χ3n) is 5.57. The summed E-state index contributed by atoms with van der Waals surface area (Å²) in [6.07, 6.45) is 12.3. The highest BCUT2D eigenvalue weighted by Gasteiger charge is 2.50. The summed E-state index contributed by atoms with van der Waals surface area (Å²) in [4.78, 5) is 0. The molecule has 0 bridgehead atoms. The molecule has 0 aromatic heterocycles. The molecule has 0 unspecified atom stereocenters.